The first-order valence-corrected chi connectivity index (χ1v) is 5.23. The highest BCUT2D eigenvalue weighted by Gasteiger charge is 2.16. The lowest BCUT2D eigenvalue weighted by molar-refractivity contribution is 0.0699. The molecule has 1 heterocycles. The third-order valence-electron chi connectivity index (χ3n) is 2.56. The zero-order valence-electron chi connectivity index (χ0n) is 8.13. The lowest BCUT2D eigenvalue weighted by atomic mass is 10.1. The minimum absolute atomic E-state index is 0.0552. The molecule has 2 nitrogen and oxygen atoms in total. The number of hydrogen-bond donors (Lipinski definition) is 1. The summed E-state index contributed by atoms with van der Waals surface area (Å²) in [6, 6.07) is 0. The second-order valence-corrected chi connectivity index (χ2v) is 3.80. The van der Waals surface area contributed by atoms with Crippen LogP contribution in [-0.2, 0) is 0 Å². The number of piperidine rings is 1. The molecule has 0 aromatic rings. The van der Waals surface area contributed by atoms with Crippen LogP contribution >= 0.6 is 0 Å². The van der Waals surface area contributed by atoms with Crippen molar-refractivity contribution in [2.75, 3.05) is 19.6 Å². The number of β-amino-alcohol motifs (C(OH)–C–C–N with tert-alkyl or cyclic N) is 1. The molecule has 0 aromatic carbocycles. The molecule has 0 aliphatic carbocycles. The van der Waals surface area contributed by atoms with Crippen LogP contribution < -0.4 is 0 Å². The summed E-state index contributed by atoms with van der Waals surface area (Å²) in [5, 5.41) is 9.39. The first-order chi connectivity index (χ1) is 5.83. The minimum Gasteiger partial charge on any atom is -0.392 e. The van der Waals surface area contributed by atoms with Gasteiger partial charge < -0.3 is 10.0 Å². The summed E-state index contributed by atoms with van der Waals surface area (Å²) >= 11 is 0. The maximum atomic E-state index is 9.39. The predicted octanol–water partition coefficient (Wildman–Crippen LogP) is 1.63. The van der Waals surface area contributed by atoms with Crippen LogP contribution in [0.1, 0.15) is 39.0 Å². The molecular weight excluding hydrogens is 150 g/mol. The Morgan fingerprint density at radius 3 is 2.92 bits per heavy atom. The molecule has 0 bridgehead atoms. The summed E-state index contributed by atoms with van der Waals surface area (Å²) in [5.41, 5.74) is 0. The van der Waals surface area contributed by atoms with Crippen molar-refractivity contribution in [3.8, 4) is 0 Å². The van der Waals surface area contributed by atoms with Gasteiger partial charge in [-0.05, 0) is 32.4 Å². The van der Waals surface area contributed by atoms with Crippen LogP contribution in [0.2, 0.25) is 0 Å². The largest absolute Gasteiger partial charge is 0.392 e. The van der Waals surface area contributed by atoms with Crippen molar-refractivity contribution < 1.29 is 5.11 Å². The zero-order chi connectivity index (χ0) is 8.81. The average molecular weight is 171 g/mol. The first-order valence-electron chi connectivity index (χ1n) is 5.23. The Balaban J connectivity index is 2.06. The number of likely N-dealkylation sites (tertiary alicyclic amines) is 1. The van der Waals surface area contributed by atoms with Crippen LogP contribution in [0, 0.1) is 0 Å². The summed E-state index contributed by atoms with van der Waals surface area (Å²) in [4.78, 5) is 2.39. The van der Waals surface area contributed by atoms with Gasteiger partial charge in [0, 0.05) is 6.54 Å². The van der Waals surface area contributed by atoms with E-state index in [4.69, 9.17) is 0 Å². The number of unbranched alkanes of at least 4 members (excludes halogenated alkanes) is 2. The van der Waals surface area contributed by atoms with Crippen LogP contribution in [0.25, 0.3) is 0 Å². The summed E-state index contributed by atoms with van der Waals surface area (Å²) in [6.07, 6.45) is 6.03. The third-order valence-corrected chi connectivity index (χ3v) is 2.56. The molecule has 1 aliphatic heterocycles. The normalized spacial score (nSPS) is 26.0. The van der Waals surface area contributed by atoms with Gasteiger partial charge in [0.2, 0.25) is 0 Å². The minimum atomic E-state index is -0.0552. The highest BCUT2D eigenvalue weighted by molar-refractivity contribution is 4.71. The van der Waals surface area contributed by atoms with Crippen LogP contribution in [0.4, 0.5) is 0 Å². The molecule has 1 atom stereocenters. The van der Waals surface area contributed by atoms with E-state index in [9.17, 15) is 5.11 Å². The van der Waals surface area contributed by atoms with Gasteiger partial charge in [-0.25, -0.2) is 0 Å². The molecule has 0 aromatic heterocycles. The van der Waals surface area contributed by atoms with Crippen LogP contribution in [0.3, 0.4) is 0 Å². The SMILES string of the molecule is CCCCCN1CCCC(O)C1. The van der Waals surface area contributed by atoms with Crippen molar-refractivity contribution in [1.82, 2.24) is 4.90 Å². The summed E-state index contributed by atoms with van der Waals surface area (Å²) in [7, 11) is 0. The molecular formula is C10H21NO. The van der Waals surface area contributed by atoms with E-state index >= 15 is 0 Å². The van der Waals surface area contributed by atoms with Gasteiger partial charge in [-0.15, -0.1) is 0 Å². The molecule has 0 radical (unpaired) electrons. The Morgan fingerprint density at radius 2 is 2.25 bits per heavy atom. The Hall–Kier alpha value is -0.0800. The van der Waals surface area contributed by atoms with Crippen molar-refractivity contribution in [1.29, 1.82) is 0 Å². The lowest BCUT2D eigenvalue weighted by Crippen LogP contribution is -2.38. The van der Waals surface area contributed by atoms with Gasteiger partial charge in [0.1, 0.15) is 0 Å². The second kappa shape index (κ2) is 5.55. The third kappa shape index (κ3) is 3.55. The highest BCUT2D eigenvalue weighted by atomic mass is 16.3. The Kier molecular flexibility index (Phi) is 4.62. The van der Waals surface area contributed by atoms with Gasteiger partial charge in [0.25, 0.3) is 0 Å². The van der Waals surface area contributed by atoms with E-state index < -0.39 is 0 Å². The van der Waals surface area contributed by atoms with Gasteiger partial charge in [-0.2, -0.15) is 0 Å². The van der Waals surface area contributed by atoms with Gasteiger partial charge in [0.15, 0.2) is 0 Å². The van der Waals surface area contributed by atoms with E-state index in [1.54, 1.807) is 0 Å². The van der Waals surface area contributed by atoms with E-state index in [1.165, 1.54) is 38.8 Å². The van der Waals surface area contributed by atoms with Crippen molar-refractivity contribution in [3.05, 3.63) is 0 Å². The van der Waals surface area contributed by atoms with E-state index in [-0.39, 0.29) is 6.10 Å². The molecule has 1 rings (SSSR count). The highest BCUT2D eigenvalue weighted by Crippen LogP contribution is 2.10. The molecule has 0 spiro atoms. The number of hydrogen-bond acceptors (Lipinski definition) is 2. The van der Waals surface area contributed by atoms with Crippen molar-refractivity contribution in [3.63, 3.8) is 0 Å². The number of rotatable bonds is 4. The smallest absolute Gasteiger partial charge is 0.0667 e. The van der Waals surface area contributed by atoms with Gasteiger partial charge >= 0.3 is 0 Å². The average Bonchev–Trinajstić information content (AvgIpc) is 2.05. The fraction of sp³-hybridized carbons (Fsp3) is 1.00. The molecule has 1 aliphatic rings. The molecule has 1 unspecified atom stereocenters. The Morgan fingerprint density at radius 1 is 1.42 bits per heavy atom. The van der Waals surface area contributed by atoms with Crippen LogP contribution in [0.15, 0.2) is 0 Å². The van der Waals surface area contributed by atoms with E-state index in [0.29, 0.717) is 0 Å². The quantitative estimate of drug-likeness (QED) is 0.650. The maximum absolute atomic E-state index is 9.39. The summed E-state index contributed by atoms with van der Waals surface area (Å²) in [6.45, 7) is 5.51. The molecule has 0 saturated carbocycles. The zero-order valence-corrected chi connectivity index (χ0v) is 8.13. The number of aliphatic hydroxyl groups is 1. The standard InChI is InChI=1S/C10H21NO/c1-2-3-4-7-11-8-5-6-10(12)9-11/h10,12H,2-9H2,1H3. The molecule has 2 heteroatoms. The van der Waals surface area contributed by atoms with Gasteiger partial charge in [0.05, 0.1) is 6.10 Å². The van der Waals surface area contributed by atoms with E-state index in [2.05, 4.69) is 11.8 Å². The van der Waals surface area contributed by atoms with Crippen LogP contribution in [0.5, 0.6) is 0 Å². The summed E-state index contributed by atoms with van der Waals surface area (Å²) < 4.78 is 0. The fourth-order valence-electron chi connectivity index (χ4n) is 1.82. The second-order valence-electron chi connectivity index (χ2n) is 3.80. The number of nitrogens with zero attached hydrogens (tertiary/aromatic N) is 1. The van der Waals surface area contributed by atoms with Crippen molar-refractivity contribution in [2.45, 2.75) is 45.1 Å². The molecule has 1 fully saturated rings. The Bertz CT molecular complexity index is 116. The van der Waals surface area contributed by atoms with E-state index in [1.807, 2.05) is 0 Å². The van der Waals surface area contributed by atoms with Crippen LogP contribution in [-0.4, -0.2) is 35.7 Å². The topological polar surface area (TPSA) is 23.5 Å². The number of aliphatic hydroxyl groups excluding tert-OH is 1. The van der Waals surface area contributed by atoms with Gasteiger partial charge in [-0.3, -0.25) is 0 Å². The lowest BCUT2D eigenvalue weighted by Gasteiger charge is -2.29. The maximum Gasteiger partial charge on any atom is 0.0667 e. The Labute approximate surface area is 75.6 Å². The fourth-order valence-corrected chi connectivity index (χ4v) is 1.82. The molecule has 0 amide bonds. The van der Waals surface area contributed by atoms with Crippen molar-refractivity contribution in [2.24, 2.45) is 0 Å². The first kappa shape index (κ1) is 10.0. The van der Waals surface area contributed by atoms with Crippen molar-refractivity contribution >= 4 is 0 Å². The van der Waals surface area contributed by atoms with E-state index in [0.717, 1.165) is 13.0 Å². The molecule has 1 N–H and O–H groups in total. The molecule has 1 saturated heterocycles. The molecule has 12 heavy (non-hydrogen) atoms. The summed E-state index contributed by atoms with van der Waals surface area (Å²) in [5.74, 6) is 0. The molecule has 72 valence electrons. The monoisotopic (exact) mass is 171 g/mol. The van der Waals surface area contributed by atoms with Gasteiger partial charge in [-0.1, -0.05) is 19.8 Å². The predicted molar refractivity (Wildman–Crippen MR) is 51.2 cm³/mol.